The third-order valence-corrected chi connectivity index (χ3v) is 2.54. The predicted octanol–water partition coefficient (Wildman–Crippen LogP) is -2.15. The number of aliphatic hydroxyl groups excluding tert-OH is 3. The van der Waals surface area contributed by atoms with Gasteiger partial charge in [0.15, 0.2) is 6.23 Å². The molecule has 0 bridgehead atoms. The lowest BCUT2D eigenvalue weighted by Crippen LogP contribution is -2.35. The number of aromatic nitrogens is 2. The lowest BCUT2D eigenvalue weighted by Gasteiger charge is -2.16. The maximum Gasteiger partial charge on any atom is 0.255 e. The van der Waals surface area contributed by atoms with Crippen LogP contribution in [0.4, 0.5) is 0 Å². The first kappa shape index (κ1) is 11.2. The van der Waals surface area contributed by atoms with Crippen LogP contribution in [0.25, 0.3) is 0 Å². The van der Waals surface area contributed by atoms with Gasteiger partial charge in [0.1, 0.15) is 18.3 Å². The molecule has 1 aliphatic heterocycles. The van der Waals surface area contributed by atoms with Crippen LogP contribution in [0.3, 0.4) is 0 Å². The van der Waals surface area contributed by atoms with Crippen molar-refractivity contribution in [2.75, 3.05) is 6.61 Å². The van der Waals surface area contributed by atoms with Crippen LogP contribution in [-0.4, -0.2) is 49.8 Å². The van der Waals surface area contributed by atoms with Crippen molar-refractivity contribution in [3.63, 3.8) is 0 Å². The lowest BCUT2D eigenvalue weighted by atomic mass is 10.1. The first-order valence-corrected chi connectivity index (χ1v) is 4.79. The Morgan fingerprint density at radius 3 is 2.75 bits per heavy atom. The van der Waals surface area contributed by atoms with Crippen LogP contribution in [0, 0.1) is 0 Å². The molecule has 16 heavy (non-hydrogen) atoms. The van der Waals surface area contributed by atoms with Gasteiger partial charge in [-0.3, -0.25) is 9.36 Å². The minimum atomic E-state index is -1.26. The number of ether oxygens (including phenoxy) is 1. The van der Waals surface area contributed by atoms with Crippen molar-refractivity contribution < 1.29 is 20.1 Å². The highest BCUT2D eigenvalue weighted by molar-refractivity contribution is 4.92. The summed E-state index contributed by atoms with van der Waals surface area (Å²) in [7, 11) is 0. The summed E-state index contributed by atoms with van der Waals surface area (Å²) in [6.07, 6.45) is -1.87. The molecule has 0 radical (unpaired) electrons. The summed E-state index contributed by atoms with van der Waals surface area (Å²) < 4.78 is 6.25. The van der Waals surface area contributed by atoms with Crippen molar-refractivity contribution in [1.29, 1.82) is 0 Å². The molecule has 4 atom stereocenters. The van der Waals surface area contributed by atoms with Crippen LogP contribution < -0.4 is 5.56 Å². The van der Waals surface area contributed by atoms with Gasteiger partial charge in [0, 0.05) is 12.3 Å². The molecule has 7 nitrogen and oxygen atoms in total. The maximum atomic E-state index is 11.4. The average molecular weight is 228 g/mol. The summed E-state index contributed by atoms with van der Waals surface area (Å²) in [4.78, 5) is 15.2. The lowest BCUT2D eigenvalue weighted by molar-refractivity contribution is -0.0548. The predicted molar refractivity (Wildman–Crippen MR) is 51.5 cm³/mol. The van der Waals surface area contributed by atoms with Crippen molar-refractivity contribution in [3.05, 3.63) is 28.9 Å². The Labute approximate surface area is 90.6 Å². The van der Waals surface area contributed by atoms with Crippen molar-refractivity contribution in [3.8, 4) is 0 Å². The third-order valence-electron chi connectivity index (χ3n) is 2.54. The zero-order chi connectivity index (χ0) is 11.7. The first-order chi connectivity index (χ1) is 7.65. The van der Waals surface area contributed by atoms with E-state index in [4.69, 9.17) is 9.84 Å². The van der Waals surface area contributed by atoms with Crippen LogP contribution in [0.5, 0.6) is 0 Å². The van der Waals surface area contributed by atoms with E-state index in [2.05, 4.69) is 4.98 Å². The number of hydrogen-bond donors (Lipinski definition) is 3. The molecule has 2 rings (SSSR count). The molecule has 0 spiro atoms. The van der Waals surface area contributed by atoms with E-state index < -0.39 is 36.7 Å². The van der Waals surface area contributed by atoms with E-state index in [1.54, 1.807) is 0 Å². The van der Waals surface area contributed by atoms with Gasteiger partial charge >= 0.3 is 0 Å². The molecule has 0 unspecified atom stereocenters. The van der Waals surface area contributed by atoms with Crippen LogP contribution in [-0.2, 0) is 4.74 Å². The second-order valence-corrected chi connectivity index (χ2v) is 3.55. The van der Waals surface area contributed by atoms with E-state index in [1.807, 2.05) is 0 Å². The number of hydrogen-bond acceptors (Lipinski definition) is 6. The topological polar surface area (TPSA) is 105 Å². The van der Waals surface area contributed by atoms with Crippen LogP contribution in [0.15, 0.2) is 23.4 Å². The quantitative estimate of drug-likeness (QED) is 0.533. The normalized spacial score (nSPS) is 34.2. The van der Waals surface area contributed by atoms with E-state index in [0.717, 1.165) is 4.57 Å². The Morgan fingerprint density at radius 2 is 2.19 bits per heavy atom. The highest BCUT2D eigenvalue weighted by Gasteiger charge is 2.43. The Kier molecular flexibility index (Phi) is 3.01. The first-order valence-electron chi connectivity index (χ1n) is 4.79. The molecule has 1 aliphatic rings. The van der Waals surface area contributed by atoms with Gasteiger partial charge in [-0.1, -0.05) is 0 Å². The molecule has 0 amide bonds. The highest BCUT2D eigenvalue weighted by Crippen LogP contribution is 2.27. The molecule has 1 saturated heterocycles. The number of nitrogens with zero attached hydrogens (tertiary/aromatic N) is 2. The van der Waals surface area contributed by atoms with Gasteiger partial charge in [-0.25, -0.2) is 4.98 Å². The number of rotatable bonds is 2. The van der Waals surface area contributed by atoms with Gasteiger partial charge in [-0.15, -0.1) is 0 Å². The van der Waals surface area contributed by atoms with Crippen LogP contribution in [0.2, 0.25) is 0 Å². The minimum absolute atomic E-state index is 0.398. The fourth-order valence-electron chi connectivity index (χ4n) is 1.66. The van der Waals surface area contributed by atoms with Gasteiger partial charge in [0.05, 0.1) is 12.9 Å². The van der Waals surface area contributed by atoms with E-state index in [-0.39, 0.29) is 0 Å². The van der Waals surface area contributed by atoms with E-state index in [9.17, 15) is 15.0 Å². The van der Waals surface area contributed by atoms with Crippen molar-refractivity contribution in [1.82, 2.24) is 9.55 Å². The molecule has 0 saturated carbocycles. The molecule has 1 aromatic heterocycles. The zero-order valence-corrected chi connectivity index (χ0v) is 8.30. The Balaban J connectivity index is 2.30. The smallest absolute Gasteiger partial charge is 0.255 e. The Morgan fingerprint density at radius 1 is 1.44 bits per heavy atom. The third kappa shape index (κ3) is 1.74. The summed E-state index contributed by atoms with van der Waals surface area (Å²) in [5, 5.41) is 28.1. The molecular weight excluding hydrogens is 216 g/mol. The van der Waals surface area contributed by atoms with E-state index in [0.29, 0.717) is 0 Å². The number of aliphatic hydroxyl groups is 3. The van der Waals surface area contributed by atoms with Gasteiger partial charge in [0.2, 0.25) is 0 Å². The molecule has 2 heterocycles. The van der Waals surface area contributed by atoms with Crippen molar-refractivity contribution >= 4 is 0 Å². The molecule has 7 heteroatoms. The minimum Gasteiger partial charge on any atom is -0.394 e. The SMILES string of the molecule is O=c1ccncn1[C@@H]1O[C@@H](CO)[C@@H](O)[C@@H]1O. The fraction of sp³-hybridized carbons (Fsp3) is 0.556. The van der Waals surface area contributed by atoms with Crippen molar-refractivity contribution in [2.24, 2.45) is 0 Å². The maximum absolute atomic E-state index is 11.4. The van der Waals surface area contributed by atoms with Crippen LogP contribution in [0.1, 0.15) is 6.23 Å². The van der Waals surface area contributed by atoms with E-state index >= 15 is 0 Å². The summed E-state index contributed by atoms with van der Waals surface area (Å²) in [5.41, 5.74) is -0.398. The Hall–Kier alpha value is -1.28. The fourth-order valence-corrected chi connectivity index (χ4v) is 1.66. The molecule has 88 valence electrons. The summed E-state index contributed by atoms with van der Waals surface area (Å²) in [6.45, 7) is -0.427. The van der Waals surface area contributed by atoms with Gasteiger partial charge in [-0.2, -0.15) is 0 Å². The Bertz CT molecular complexity index is 420. The molecular formula is C9H12N2O5. The van der Waals surface area contributed by atoms with Crippen molar-refractivity contribution in [2.45, 2.75) is 24.5 Å². The molecule has 3 N–H and O–H groups in total. The standard InChI is InChI=1S/C9H12N2O5/c12-3-5-7(14)8(15)9(16-5)11-4-10-2-1-6(11)13/h1-2,4-5,7-9,12,14-15H,3H2/t5-,7+,8-,9+/m0/s1. The molecule has 0 aromatic carbocycles. The molecule has 1 aromatic rings. The monoisotopic (exact) mass is 228 g/mol. The largest absolute Gasteiger partial charge is 0.394 e. The average Bonchev–Trinajstić information content (AvgIpc) is 2.57. The second-order valence-electron chi connectivity index (χ2n) is 3.55. The molecule has 1 fully saturated rings. The second kappa shape index (κ2) is 4.30. The summed E-state index contributed by atoms with van der Waals surface area (Å²) >= 11 is 0. The summed E-state index contributed by atoms with van der Waals surface area (Å²) in [6, 6.07) is 1.22. The van der Waals surface area contributed by atoms with Gasteiger partial charge in [-0.05, 0) is 0 Å². The zero-order valence-electron chi connectivity index (χ0n) is 8.30. The highest BCUT2D eigenvalue weighted by atomic mass is 16.6. The van der Waals surface area contributed by atoms with Gasteiger partial charge in [0.25, 0.3) is 5.56 Å². The van der Waals surface area contributed by atoms with Gasteiger partial charge < -0.3 is 20.1 Å². The van der Waals surface area contributed by atoms with E-state index in [1.165, 1.54) is 18.6 Å². The molecule has 0 aliphatic carbocycles. The van der Waals surface area contributed by atoms with Crippen LogP contribution >= 0.6 is 0 Å². The summed E-state index contributed by atoms with van der Waals surface area (Å²) in [5.74, 6) is 0.